The Balaban J connectivity index is 1.98. The third-order valence-electron chi connectivity index (χ3n) is 3.84. The Hall–Kier alpha value is -2.31. The van der Waals surface area contributed by atoms with Gasteiger partial charge in [-0.1, -0.05) is 6.92 Å². The van der Waals surface area contributed by atoms with Crippen molar-refractivity contribution in [2.75, 3.05) is 12.3 Å². The normalized spacial score (nSPS) is 21.7. The molecule has 3 amide bonds. The Morgan fingerprint density at radius 2 is 1.95 bits per heavy atom. The Kier molecular flexibility index (Phi) is 4.02. The topological polar surface area (TPSA) is 97.4 Å². The highest BCUT2D eigenvalue weighted by atomic mass is 16.2. The van der Waals surface area contributed by atoms with Crippen LogP contribution in [-0.2, 0) is 11.3 Å². The molecule has 1 saturated heterocycles. The van der Waals surface area contributed by atoms with Crippen LogP contribution in [0.2, 0.25) is 0 Å². The molecule has 0 spiro atoms. The molecule has 3 N–H and O–H groups in total. The summed E-state index contributed by atoms with van der Waals surface area (Å²) in [6.45, 7) is 4.26. The zero-order chi connectivity index (χ0) is 15.6. The second kappa shape index (κ2) is 5.59. The number of anilines is 1. The summed E-state index contributed by atoms with van der Waals surface area (Å²) in [6.07, 6.45) is 2.61. The third kappa shape index (κ3) is 2.91. The van der Waals surface area contributed by atoms with E-state index < -0.39 is 5.54 Å². The van der Waals surface area contributed by atoms with Crippen LogP contribution in [-0.4, -0.2) is 33.5 Å². The molecule has 1 fully saturated rings. The highest BCUT2D eigenvalue weighted by molar-refractivity contribution is 6.06. The van der Waals surface area contributed by atoms with Gasteiger partial charge in [-0.05, 0) is 25.8 Å². The van der Waals surface area contributed by atoms with E-state index in [1.54, 1.807) is 19.2 Å². The van der Waals surface area contributed by atoms with E-state index in [0.717, 1.165) is 0 Å². The standard InChI is InChI=1S/C14H20N4O3/c1-3-14(2)12(20)18(13(21)16-14)8-4-7-17-9-10(15)5-6-11(17)19/h5-6,9H,3-4,7-8,15H2,1-2H3,(H,16,21). The minimum absolute atomic E-state index is 0.153. The lowest BCUT2D eigenvalue weighted by Gasteiger charge is -2.19. The molecule has 7 nitrogen and oxygen atoms in total. The summed E-state index contributed by atoms with van der Waals surface area (Å²) in [5.74, 6) is -0.213. The summed E-state index contributed by atoms with van der Waals surface area (Å²) >= 11 is 0. The van der Waals surface area contributed by atoms with Crippen LogP contribution < -0.4 is 16.6 Å². The van der Waals surface area contributed by atoms with Crippen molar-refractivity contribution >= 4 is 17.6 Å². The fourth-order valence-electron chi connectivity index (χ4n) is 2.31. The predicted octanol–water partition coefficient (Wildman–Crippen LogP) is 0.541. The van der Waals surface area contributed by atoms with Gasteiger partial charge in [-0.15, -0.1) is 0 Å². The van der Waals surface area contributed by atoms with Crippen molar-refractivity contribution in [3.63, 3.8) is 0 Å². The molecule has 1 aliphatic rings. The smallest absolute Gasteiger partial charge is 0.325 e. The van der Waals surface area contributed by atoms with E-state index in [4.69, 9.17) is 5.73 Å². The van der Waals surface area contributed by atoms with Gasteiger partial charge in [-0.2, -0.15) is 0 Å². The van der Waals surface area contributed by atoms with E-state index in [9.17, 15) is 14.4 Å². The maximum atomic E-state index is 12.2. The lowest BCUT2D eigenvalue weighted by atomic mass is 9.99. The minimum atomic E-state index is -0.814. The maximum Gasteiger partial charge on any atom is 0.325 e. The second-order valence-electron chi connectivity index (χ2n) is 5.42. The van der Waals surface area contributed by atoms with Crippen LogP contribution in [0.4, 0.5) is 10.5 Å². The molecule has 1 unspecified atom stereocenters. The molecule has 114 valence electrons. The van der Waals surface area contributed by atoms with Gasteiger partial charge in [0.25, 0.3) is 11.5 Å². The number of nitrogens with two attached hydrogens (primary N) is 1. The zero-order valence-corrected chi connectivity index (χ0v) is 12.3. The van der Waals surface area contributed by atoms with Gasteiger partial charge in [-0.25, -0.2) is 4.79 Å². The number of nitrogens with one attached hydrogen (secondary N) is 1. The summed E-state index contributed by atoms with van der Waals surface area (Å²) in [7, 11) is 0. The summed E-state index contributed by atoms with van der Waals surface area (Å²) in [5.41, 5.74) is 5.17. The molecule has 1 aromatic heterocycles. The molecule has 0 bridgehead atoms. The summed E-state index contributed by atoms with van der Waals surface area (Å²) in [4.78, 5) is 36.8. The Labute approximate surface area is 122 Å². The number of hydrogen-bond acceptors (Lipinski definition) is 4. The van der Waals surface area contributed by atoms with Crippen LogP contribution in [0.15, 0.2) is 23.1 Å². The zero-order valence-electron chi connectivity index (χ0n) is 12.3. The van der Waals surface area contributed by atoms with Crippen molar-refractivity contribution in [2.45, 2.75) is 38.8 Å². The molecule has 0 aromatic carbocycles. The van der Waals surface area contributed by atoms with Gasteiger partial charge >= 0.3 is 6.03 Å². The number of carbonyl (C=O) groups is 2. The average Bonchev–Trinajstić information content (AvgIpc) is 2.66. The number of hydrogen-bond donors (Lipinski definition) is 2. The van der Waals surface area contributed by atoms with E-state index >= 15 is 0 Å². The van der Waals surface area contributed by atoms with Crippen molar-refractivity contribution in [1.29, 1.82) is 0 Å². The number of aromatic nitrogens is 1. The number of aryl methyl sites for hydroxylation is 1. The summed E-state index contributed by atoms with van der Waals surface area (Å²) in [5, 5.41) is 2.70. The maximum absolute atomic E-state index is 12.2. The van der Waals surface area contributed by atoms with Gasteiger partial charge in [-0.3, -0.25) is 14.5 Å². The molecule has 1 aromatic rings. The van der Waals surface area contributed by atoms with Gasteiger partial charge in [0, 0.05) is 31.0 Å². The molecular weight excluding hydrogens is 272 g/mol. The lowest BCUT2D eigenvalue weighted by molar-refractivity contribution is -0.130. The van der Waals surface area contributed by atoms with Crippen LogP contribution in [0.5, 0.6) is 0 Å². The number of urea groups is 1. The van der Waals surface area contributed by atoms with Crippen LogP contribution in [0, 0.1) is 0 Å². The van der Waals surface area contributed by atoms with Gasteiger partial charge < -0.3 is 15.6 Å². The Morgan fingerprint density at radius 1 is 1.24 bits per heavy atom. The quantitative estimate of drug-likeness (QED) is 0.774. The molecule has 2 heterocycles. The largest absolute Gasteiger partial charge is 0.398 e. The van der Waals surface area contributed by atoms with Gasteiger partial charge in [0.1, 0.15) is 5.54 Å². The first-order chi connectivity index (χ1) is 9.87. The first-order valence-corrected chi connectivity index (χ1v) is 6.97. The minimum Gasteiger partial charge on any atom is -0.398 e. The molecule has 2 rings (SSSR count). The van der Waals surface area contributed by atoms with Crippen LogP contribution in [0.1, 0.15) is 26.7 Å². The number of amides is 3. The summed E-state index contributed by atoms with van der Waals surface area (Å²) in [6, 6.07) is 2.57. The molecule has 0 radical (unpaired) electrons. The first-order valence-electron chi connectivity index (χ1n) is 6.97. The van der Waals surface area contributed by atoms with Crippen LogP contribution >= 0.6 is 0 Å². The van der Waals surface area contributed by atoms with E-state index in [2.05, 4.69) is 5.32 Å². The van der Waals surface area contributed by atoms with Crippen molar-refractivity contribution in [3.8, 4) is 0 Å². The Bertz CT molecular complexity index is 625. The van der Waals surface area contributed by atoms with Crippen molar-refractivity contribution < 1.29 is 9.59 Å². The van der Waals surface area contributed by atoms with Crippen molar-refractivity contribution in [3.05, 3.63) is 28.7 Å². The molecule has 1 atom stereocenters. The number of imide groups is 1. The van der Waals surface area contributed by atoms with E-state index in [1.165, 1.54) is 15.5 Å². The monoisotopic (exact) mass is 292 g/mol. The van der Waals surface area contributed by atoms with Crippen LogP contribution in [0.3, 0.4) is 0 Å². The molecule has 0 saturated carbocycles. The summed E-state index contributed by atoms with van der Waals surface area (Å²) < 4.78 is 1.48. The fourth-order valence-corrected chi connectivity index (χ4v) is 2.31. The molecule has 1 aliphatic heterocycles. The van der Waals surface area contributed by atoms with Crippen molar-refractivity contribution in [1.82, 2.24) is 14.8 Å². The number of carbonyl (C=O) groups excluding carboxylic acids is 2. The lowest BCUT2D eigenvalue weighted by Crippen LogP contribution is -2.43. The molecule has 0 aliphatic carbocycles. The highest BCUT2D eigenvalue weighted by Crippen LogP contribution is 2.20. The van der Waals surface area contributed by atoms with Crippen molar-refractivity contribution in [2.24, 2.45) is 0 Å². The van der Waals surface area contributed by atoms with E-state index in [1.807, 2.05) is 6.92 Å². The molecule has 21 heavy (non-hydrogen) atoms. The average molecular weight is 292 g/mol. The van der Waals surface area contributed by atoms with Gasteiger partial charge in [0.2, 0.25) is 0 Å². The number of pyridine rings is 1. The number of rotatable bonds is 5. The van der Waals surface area contributed by atoms with E-state index in [0.29, 0.717) is 25.1 Å². The molecular formula is C14H20N4O3. The highest BCUT2D eigenvalue weighted by Gasteiger charge is 2.45. The fraction of sp³-hybridized carbons (Fsp3) is 0.500. The number of nitrogens with zero attached hydrogens (tertiary/aromatic N) is 2. The van der Waals surface area contributed by atoms with Gasteiger partial charge in [0.05, 0.1) is 0 Å². The van der Waals surface area contributed by atoms with E-state index in [-0.39, 0.29) is 24.0 Å². The van der Waals surface area contributed by atoms with Gasteiger partial charge in [0.15, 0.2) is 0 Å². The van der Waals surface area contributed by atoms with Crippen LogP contribution in [0.25, 0.3) is 0 Å². The number of nitrogen functional groups attached to an aromatic ring is 1. The molecule has 7 heteroatoms. The predicted molar refractivity (Wildman–Crippen MR) is 78.7 cm³/mol. The first kappa shape index (κ1) is 15.1. The Morgan fingerprint density at radius 3 is 2.57 bits per heavy atom. The second-order valence-corrected chi connectivity index (χ2v) is 5.42. The third-order valence-corrected chi connectivity index (χ3v) is 3.84. The SMILES string of the molecule is CCC1(C)NC(=O)N(CCCn2cc(N)ccc2=O)C1=O.